The first-order valence-corrected chi connectivity index (χ1v) is 13.6. The first kappa shape index (κ1) is 22.5. The van der Waals surface area contributed by atoms with Crippen LogP contribution in [0.25, 0.3) is 10.9 Å². The minimum atomic E-state index is 0.330. The van der Waals surface area contributed by atoms with Crippen LogP contribution in [0.15, 0.2) is 36.0 Å². The normalized spacial score (nSPS) is 39.4. The molecule has 0 bridgehead atoms. The third-order valence-electron chi connectivity index (χ3n) is 10.5. The Kier molecular flexibility index (Phi) is 5.33. The molecule has 0 spiro atoms. The number of nitrogen functional groups attached to an aromatic ring is 1. The van der Waals surface area contributed by atoms with E-state index < -0.39 is 0 Å². The van der Waals surface area contributed by atoms with Gasteiger partial charge in [-0.1, -0.05) is 31.6 Å². The molecule has 7 atom stereocenters. The third-order valence-corrected chi connectivity index (χ3v) is 10.5. The highest BCUT2D eigenvalue weighted by Gasteiger charge is 2.58. The molecule has 0 saturated heterocycles. The monoisotopic (exact) mass is 459 g/mol. The van der Waals surface area contributed by atoms with Crippen molar-refractivity contribution < 1.29 is 4.74 Å². The Hall–Kier alpha value is -1.94. The molecule has 0 aliphatic heterocycles. The van der Waals surface area contributed by atoms with E-state index in [1.807, 2.05) is 6.20 Å². The zero-order chi connectivity index (χ0) is 23.7. The largest absolute Gasteiger partial charge is 0.375 e. The molecule has 3 fully saturated rings. The smallest absolute Gasteiger partial charge is 0.220 e. The predicted molar refractivity (Wildman–Crippen MR) is 138 cm³/mol. The van der Waals surface area contributed by atoms with Gasteiger partial charge in [0, 0.05) is 11.6 Å². The molecule has 1 aromatic carbocycles. The molecule has 2 N–H and O–H groups in total. The molecule has 182 valence electrons. The molecule has 4 aliphatic rings. The third kappa shape index (κ3) is 3.43. The van der Waals surface area contributed by atoms with Gasteiger partial charge in [0.05, 0.1) is 17.7 Å². The molecule has 0 radical (unpaired) electrons. The Morgan fingerprint density at radius 1 is 1.06 bits per heavy atom. The quantitative estimate of drug-likeness (QED) is 0.499. The average Bonchev–Trinajstić information content (AvgIpc) is 3.16. The van der Waals surface area contributed by atoms with Gasteiger partial charge in [-0.25, -0.2) is 9.97 Å². The maximum atomic E-state index is 6.25. The van der Waals surface area contributed by atoms with Gasteiger partial charge in [-0.3, -0.25) is 0 Å². The molecule has 6 rings (SSSR count). The molecule has 1 heterocycles. The maximum absolute atomic E-state index is 6.25. The summed E-state index contributed by atoms with van der Waals surface area (Å²) in [6.07, 6.45) is 15.7. The van der Waals surface area contributed by atoms with Crippen LogP contribution in [-0.4, -0.2) is 22.2 Å². The molecule has 2 aromatic rings. The number of allylic oxidation sites excluding steroid dienone is 1. The summed E-state index contributed by atoms with van der Waals surface area (Å²) in [5.41, 5.74) is 10.7. The van der Waals surface area contributed by atoms with E-state index in [0.717, 1.165) is 35.1 Å². The maximum Gasteiger partial charge on any atom is 0.220 e. The summed E-state index contributed by atoms with van der Waals surface area (Å²) in [6, 6.07) is 6.81. The Labute approximate surface area is 204 Å². The molecular weight excluding hydrogens is 418 g/mol. The fraction of sp³-hybridized carbons (Fsp3) is 0.667. The van der Waals surface area contributed by atoms with Crippen molar-refractivity contribution in [3.8, 4) is 0 Å². The van der Waals surface area contributed by atoms with Gasteiger partial charge in [0.1, 0.15) is 0 Å². The van der Waals surface area contributed by atoms with E-state index in [4.69, 9.17) is 10.5 Å². The lowest BCUT2D eigenvalue weighted by Crippen LogP contribution is -2.50. The van der Waals surface area contributed by atoms with Gasteiger partial charge in [-0.05, 0) is 117 Å². The van der Waals surface area contributed by atoms with Crippen molar-refractivity contribution >= 4 is 16.9 Å². The molecule has 1 aromatic heterocycles. The Morgan fingerprint density at radius 3 is 2.74 bits per heavy atom. The van der Waals surface area contributed by atoms with Crippen molar-refractivity contribution in [3.05, 3.63) is 41.6 Å². The Balaban J connectivity index is 1.27. The first-order chi connectivity index (χ1) is 16.3. The Morgan fingerprint density at radius 2 is 1.91 bits per heavy atom. The van der Waals surface area contributed by atoms with Crippen LogP contribution in [0.5, 0.6) is 0 Å². The zero-order valence-electron chi connectivity index (χ0n) is 21.4. The van der Waals surface area contributed by atoms with Crippen LogP contribution < -0.4 is 5.73 Å². The van der Waals surface area contributed by atoms with Crippen LogP contribution >= 0.6 is 0 Å². The minimum Gasteiger partial charge on any atom is -0.375 e. The summed E-state index contributed by atoms with van der Waals surface area (Å²) < 4.78 is 6.25. The summed E-state index contributed by atoms with van der Waals surface area (Å²) in [7, 11) is 0. The molecule has 0 unspecified atom stereocenters. The van der Waals surface area contributed by atoms with E-state index in [0.29, 0.717) is 34.9 Å². The van der Waals surface area contributed by atoms with Gasteiger partial charge in [-0.15, -0.1) is 0 Å². The number of hydrogen-bond acceptors (Lipinski definition) is 4. The molecule has 4 aliphatic carbocycles. The molecule has 0 amide bonds. The fourth-order valence-corrected chi connectivity index (χ4v) is 8.96. The van der Waals surface area contributed by atoms with E-state index in [9.17, 15) is 0 Å². The number of ether oxygens (including phenoxy) is 1. The van der Waals surface area contributed by atoms with Crippen LogP contribution in [0.2, 0.25) is 0 Å². The second-order valence-corrected chi connectivity index (χ2v) is 12.5. The highest BCUT2D eigenvalue weighted by molar-refractivity contribution is 5.79. The SMILES string of the molecule is CC(C)O[C@H]1CC[C@@]2(C)C(=CC[C@H]3[C@@H]4CC[C@H](c5ccc6nc(N)ncc6c5)[C@@]4(C)CC[C@@H]32)C1. The lowest BCUT2D eigenvalue weighted by atomic mass is 9.47. The predicted octanol–water partition coefficient (Wildman–Crippen LogP) is 7.05. The van der Waals surface area contributed by atoms with Crippen LogP contribution in [0, 0.1) is 28.6 Å². The van der Waals surface area contributed by atoms with E-state index in [1.165, 1.54) is 50.5 Å². The lowest BCUT2D eigenvalue weighted by molar-refractivity contribution is -0.0610. The standard InChI is InChI=1S/C30H41N3O/c1-18(2)34-22-11-13-29(3)21(16-22)6-7-23-25-9-8-24(30(25,4)14-12-26(23)29)19-5-10-27-20(15-19)17-32-28(31)33-27/h5-6,10,15,17-18,22-26H,7-9,11-14,16H2,1-4H3,(H2,31,32,33)/t22-,23-,24+,25-,26-,29-,30+/m0/s1. The summed E-state index contributed by atoms with van der Waals surface area (Å²) in [4.78, 5) is 8.66. The lowest BCUT2D eigenvalue weighted by Gasteiger charge is -2.58. The number of benzene rings is 1. The van der Waals surface area contributed by atoms with Gasteiger partial charge in [0.25, 0.3) is 0 Å². The number of anilines is 1. The van der Waals surface area contributed by atoms with E-state index in [-0.39, 0.29) is 0 Å². The summed E-state index contributed by atoms with van der Waals surface area (Å²) >= 11 is 0. The number of rotatable bonds is 3. The zero-order valence-corrected chi connectivity index (χ0v) is 21.4. The van der Waals surface area contributed by atoms with Crippen molar-refractivity contribution in [3.63, 3.8) is 0 Å². The van der Waals surface area contributed by atoms with Crippen LogP contribution in [0.1, 0.15) is 90.5 Å². The van der Waals surface area contributed by atoms with E-state index in [1.54, 1.807) is 5.57 Å². The number of fused-ring (bicyclic) bond motifs is 6. The van der Waals surface area contributed by atoms with Gasteiger partial charge >= 0.3 is 0 Å². The minimum absolute atomic E-state index is 0.330. The van der Waals surface area contributed by atoms with Crippen molar-refractivity contribution in [2.45, 2.75) is 97.2 Å². The van der Waals surface area contributed by atoms with Gasteiger partial charge in [0.2, 0.25) is 5.95 Å². The first-order valence-electron chi connectivity index (χ1n) is 13.6. The topological polar surface area (TPSA) is 61.0 Å². The number of hydrogen-bond donors (Lipinski definition) is 1. The second kappa shape index (κ2) is 8.05. The Bertz CT molecular complexity index is 1130. The van der Waals surface area contributed by atoms with Gasteiger partial charge < -0.3 is 10.5 Å². The molecule has 4 nitrogen and oxygen atoms in total. The number of aromatic nitrogens is 2. The summed E-state index contributed by atoms with van der Waals surface area (Å²) in [5.74, 6) is 3.50. The van der Waals surface area contributed by atoms with Crippen LogP contribution in [-0.2, 0) is 4.74 Å². The van der Waals surface area contributed by atoms with E-state index in [2.05, 4.69) is 61.9 Å². The fourth-order valence-electron chi connectivity index (χ4n) is 8.96. The summed E-state index contributed by atoms with van der Waals surface area (Å²) in [5, 5.41) is 1.12. The van der Waals surface area contributed by atoms with Crippen LogP contribution in [0.3, 0.4) is 0 Å². The number of nitrogens with zero attached hydrogens (tertiary/aromatic N) is 2. The molecule has 3 saturated carbocycles. The number of nitrogens with two attached hydrogens (primary N) is 1. The van der Waals surface area contributed by atoms with Crippen molar-refractivity contribution in [1.82, 2.24) is 9.97 Å². The average molecular weight is 460 g/mol. The van der Waals surface area contributed by atoms with Crippen molar-refractivity contribution in [1.29, 1.82) is 0 Å². The molecule has 4 heteroatoms. The van der Waals surface area contributed by atoms with Gasteiger partial charge in [-0.2, -0.15) is 0 Å². The van der Waals surface area contributed by atoms with Crippen molar-refractivity contribution in [2.24, 2.45) is 28.6 Å². The van der Waals surface area contributed by atoms with Crippen LogP contribution in [0.4, 0.5) is 5.95 Å². The van der Waals surface area contributed by atoms with Crippen molar-refractivity contribution in [2.75, 3.05) is 5.73 Å². The molecule has 34 heavy (non-hydrogen) atoms. The second-order valence-electron chi connectivity index (χ2n) is 12.5. The van der Waals surface area contributed by atoms with Gasteiger partial charge in [0.15, 0.2) is 0 Å². The highest BCUT2D eigenvalue weighted by Crippen LogP contribution is 2.68. The summed E-state index contributed by atoms with van der Waals surface area (Å²) in [6.45, 7) is 9.57. The molecular formula is C30H41N3O. The highest BCUT2D eigenvalue weighted by atomic mass is 16.5. The van der Waals surface area contributed by atoms with E-state index >= 15 is 0 Å².